The second-order valence-corrected chi connectivity index (χ2v) is 10.2. The summed E-state index contributed by atoms with van der Waals surface area (Å²) in [6.07, 6.45) is 1.89. The molecule has 0 saturated heterocycles. The third-order valence-electron chi connectivity index (χ3n) is 6.09. The number of aromatic hydroxyl groups is 1. The summed E-state index contributed by atoms with van der Waals surface area (Å²) >= 11 is 1.81. The minimum Gasteiger partial charge on any atom is -0.508 e. The van der Waals surface area contributed by atoms with E-state index in [0.29, 0.717) is 0 Å². The average Bonchev–Trinajstić information content (AvgIpc) is 3.27. The lowest BCUT2D eigenvalue weighted by atomic mass is 9.88. The Morgan fingerprint density at radius 2 is 1.74 bits per heavy atom. The second-order valence-electron chi connectivity index (χ2n) is 9.13. The lowest BCUT2D eigenvalue weighted by Crippen LogP contribution is -2.12. The minimum absolute atomic E-state index is 0.0192. The van der Waals surface area contributed by atoms with Gasteiger partial charge in [-0.3, -0.25) is 4.57 Å². The highest BCUT2D eigenvalue weighted by molar-refractivity contribution is 7.27. The molecule has 6 rings (SSSR count). The van der Waals surface area contributed by atoms with Crippen LogP contribution in [-0.4, -0.2) is 14.7 Å². The highest BCUT2D eigenvalue weighted by atomic mass is 32.1. The number of pyridine rings is 1. The first-order valence-corrected chi connectivity index (χ1v) is 11.3. The number of fused-ring (bicyclic) bond motifs is 7. The van der Waals surface area contributed by atoms with Gasteiger partial charge in [-0.1, -0.05) is 51.1 Å². The molecule has 3 nitrogen and oxygen atoms in total. The van der Waals surface area contributed by atoms with Gasteiger partial charge in [-0.15, -0.1) is 11.3 Å². The smallest absolute Gasteiger partial charge is 0.137 e. The van der Waals surface area contributed by atoms with E-state index in [9.17, 15) is 5.11 Å². The Kier molecular flexibility index (Phi) is 3.75. The van der Waals surface area contributed by atoms with Gasteiger partial charge in [-0.05, 0) is 52.1 Å². The highest BCUT2D eigenvalue weighted by Gasteiger charge is 2.21. The molecule has 0 aliphatic carbocycles. The molecule has 0 saturated carbocycles. The molecule has 0 bridgehead atoms. The van der Waals surface area contributed by atoms with Gasteiger partial charge in [0.25, 0.3) is 0 Å². The topological polar surface area (TPSA) is 38.0 Å². The van der Waals surface area contributed by atoms with Gasteiger partial charge in [0.05, 0.1) is 15.7 Å². The molecular formula is C27H22N2OS. The number of phenolic OH excluding ortho intramolecular Hbond substituents is 1. The van der Waals surface area contributed by atoms with Crippen LogP contribution in [0, 0.1) is 0 Å². The van der Waals surface area contributed by atoms with Crippen molar-refractivity contribution < 1.29 is 5.11 Å². The molecule has 152 valence electrons. The summed E-state index contributed by atoms with van der Waals surface area (Å²) in [5.74, 6) is 1.14. The maximum absolute atomic E-state index is 10.3. The first-order valence-electron chi connectivity index (χ1n) is 10.5. The SMILES string of the molecule is CC(C)(C)c1ccnc(-n2c3cc(O)ccc3c3sc4ccc5ccccc5c4c32)c1. The van der Waals surface area contributed by atoms with Crippen molar-refractivity contribution >= 4 is 53.3 Å². The standard InChI is InChI=1S/C27H22N2OS/c1-27(2,3)17-12-13-28-23(14-17)29-21-15-18(30)9-10-20(21)26-25(29)24-19-7-5-4-6-16(19)8-11-22(24)31-26/h4-15,30H,1-3H3. The van der Waals surface area contributed by atoms with Crippen LogP contribution in [0.5, 0.6) is 5.75 Å². The van der Waals surface area contributed by atoms with Crippen LogP contribution in [0.25, 0.3) is 47.8 Å². The monoisotopic (exact) mass is 422 g/mol. The summed E-state index contributed by atoms with van der Waals surface area (Å²) in [6, 6.07) is 22.9. The predicted octanol–water partition coefficient (Wildman–Crippen LogP) is 7.55. The van der Waals surface area contributed by atoms with E-state index >= 15 is 0 Å². The highest BCUT2D eigenvalue weighted by Crippen LogP contribution is 2.45. The van der Waals surface area contributed by atoms with Crippen LogP contribution < -0.4 is 0 Å². The Morgan fingerprint density at radius 3 is 2.58 bits per heavy atom. The molecule has 0 spiro atoms. The van der Waals surface area contributed by atoms with Crippen molar-refractivity contribution in [1.82, 2.24) is 9.55 Å². The van der Waals surface area contributed by atoms with E-state index < -0.39 is 0 Å². The van der Waals surface area contributed by atoms with Gasteiger partial charge in [-0.25, -0.2) is 4.98 Å². The van der Waals surface area contributed by atoms with Gasteiger partial charge in [0.2, 0.25) is 0 Å². The van der Waals surface area contributed by atoms with Gasteiger partial charge < -0.3 is 5.11 Å². The minimum atomic E-state index is 0.0192. The Morgan fingerprint density at radius 1 is 0.903 bits per heavy atom. The first kappa shape index (κ1) is 18.4. The molecular weight excluding hydrogens is 400 g/mol. The van der Waals surface area contributed by atoms with Crippen LogP contribution in [0.2, 0.25) is 0 Å². The van der Waals surface area contributed by atoms with Crippen LogP contribution >= 0.6 is 11.3 Å². The predicted molar refractivity (Wildman–Crippen MR) is 132 cm³/mol. The molecule has 3 aromatic carbocycles. The molecule has 3 aromatic heterocycles. The van der Waals surface area contributed by atoms with Crippen LogP contribution in [0.4, 0.5) is 0 Å². The van der Waals surface area contributed by atoms with E-state index in [1.807, 2.05) is 18.3 Å². The quantitative estimate of drug-likeness (QED) is 0.297. The Hall–Kier alpha value is -3.37. The largest absolute Gasteiger partial charge is 0.508 e. The van der Waals surface area contributed by atoms with Crippen LogP contribution in [0.1, 0.15) is 26.3 Å². The third kappa shape index (κ3) is 2.68. The number of hydrogen-bond donors (Lipinski definition) is 1. The number of phenols is 1. The Balaban J connectivity index is 1.85. The van der Waals surface area contributed by atoms with Crippen molar-refractivity contribution in [2.24, 2.45) is 0 Å². The number of rotatable bonds is 1. The van der Waals surface area contributed by atoms with Crippen molar-refractivity contribution in [3.8, 4) is 11.6 Å². The van der Waals surface area contributed by atoms with E-state index in [-0.39, 0.29) is 11.2 Å². The van der Waals surface area contributed by atoms with Gasteiger partial charge in [0, 0.05) is 27.7 Å². The van der Waals surface area contributed by atoms with E-state index in [4.69, 9.17) is 4.98 Å². The first-order chi connectivity index (χ1) is 14.9. The lowest BCUT2D eigenvalue weighted by molar-refractivity contribution is 0.476. The molecule has 1 N–H and O–H groups in total. The molecule has 4 heteroatoms. The normalized spacial score (nSPS) is 12.5. The van der Waals surface area contributed by atoms with E-state index in [0.717, 1.165) is 22.2 Å². The van der Waals surface area contributed by atoms with E-state index in [1.54, 1.807) is 17.4 Å². The van der Waals surface area contributed by atoms with Crippen molar-refractivity contribution in [2.45, 2.75) is 26.2 Å². The fourth-order valence-electron chi connectivity index (χ4n) is 4.51. The zero-order chi connectivity index (χ0) is 21.3. The van der Waals surface area contributed by atoms with Crippen LogP contribution in [0.3, 0.4) is 0 Å². The van der Waals surface area contributed by atoms with E-state index in [2.05, 4.69) is 73.9 Å². The summed E-state index contributed by atoms with van der Waals surface area (Å²) < 4.78 is 4.72. The van der Waals surface area contributed by atoms with Crippen molar-refractivity contribution in [1.29, 1.82) is 0 Å². The maximum atomic E-state index is 10.3. The van der Waals surface area contributed by atoms with Crippen LogP contribution in [0.15, 0.2) is 72.9 Å². The Labute approximate surface area is 184 Å². The molecule has 0 aliphatic heterocycles. The Bertz CT molecular complexity index is 1630. The maximum Gasteiger partial charge on any atom is 0.137 e. The molecule has 0 fully saturated rings. The van der Waals surface area contributed by atoms with Crippen molar-refractivity contribution in [3.05, 3.63) is 78.5 Å². The molecule has 3 heterocycles. The summed E-state index contributed by atoms with van der Waals surface area (Å²) in [7, 11) is 0. The zero-order valence-corrected chi connectivity index (χ0v) is 18.5. The fourth-order valence-corrected chi connectivity index (χ4v) is 5.75. The van der Waals surface area contributed by atoms with Gasteiger partial charge in [-0.2, -0.15) is 0 Å². The van der Waals surface area contributed by atoms with Gasteiger partial charge >= 0.3 is 0 Å². The van der Waals surface area contributed by atoms with Crippen molar-refractivity contribution in [3.63, 3.8) is 0 Å². The molecule has 0 amide bonds. The number of hydrogen-bond acceptors (Lipinski definition) is 3. The molecule has 31 heavy (non-hydrogen) atoms. The number of aromatic nitrogens is 2. The summed E-state index contributed by atoms with van der Waals surface area (Å²) in [5, 5.41) is 15.2. The number of benzene rings is 3. The lowest BCUT2D eigenvalue weighted by Gasteiger charge is -2.20. The summed E-state index contributed by atoms with van der Waals surface area (Å²) in [6.45, 7) is 6.65. The number of nitrogens with zero attached hydrogens (tertiary/aromatic N) is 2. The van der Waals surface area contributed by atoms with Crippen molar-refractivity contribution in [2.75, 3.05) is 0 Å². The zero-order valence-electron chi connectivity index (χ0n) is 17.7. The second kappa shape index (κ2) is 6.32. The summed E-state index contributed by atoms with van der Waals surface area (Å²) in [4.78, 5) is 4.78. The molecule has 0 atom stereocenters. The molecule has 0 unspecified atom stereocenters. The molecule has 0 aliphatic rings. The van der Waals surface area contributed by atoms with Gasteiger partial charge in [0.15, 0.2) is 0 Å². The molecule has 6 aromatic rings. The van der Waals surface area contributed by atoms with Crippen LogP contribution in [-0.2, 0) is 5.41 Å². The fraction of sp³-hybridized carbons (Fsp3) is 0.148. The number of thiophene rings is 1. The molecule has 0 radical (unpaired) electrons. The average molecular weight is 423 g/mol. The third-order valence-corrected chi connectivity index (χ3v) is 7.26. The van der Waals surface area contributed by atoms with Gasteiger partial charge in [0.1, 0.15) is 11.6 Å². The van der Waals surface area contributed by atoms with E-state index in [1.165, 1.54) is 31.1 Å². The summed E-state index contributed by atoms with van der Waals surface area (Å²) in [5.41, 5.74) is 3.40.